The van der Waals surface area contributed by atoms with Gasteiger partial charge in [-0.2, -0.15) is 0 Å². The maximum atomic E-state index is 14.4. The second-order valence-electron chi connectivity index (χ2n) is 6.38. The summed E-state index contributed by atoms with van der Waals surface area (Å²) < 4.78 is 14.4. The molecule has 1 aliphatic heterocycles. The van der Waals surface area contributed by atoms with Gasteiger partial charge in [-0.3, -0.25) is 9.59 Å². The zero-order valence-corrected chi connectivity index (χ0v) is 14.8. The summed E-state index contributed by atoms with van der Waals surface area (Å²) in [6, 6.07) is 8.39. The summed E-state index contributed by atoms with van der Waals surface area (Å²) in [5, 5.41) is 5.07. The summed E-state index contributed by atoms with van der Waals surface area (Å²) in [5.74, 6) is -1.28. The molecule has 1 amide bonds. The van der Waals surface area contributed by atoms with E-state index in [1.807, 2.05) is 17.5 Å². The Bertz CT molecular complexity index is 871. The fraction of sp³-hybridized carbons (Fsp3) is 0.263. The van der Waals surface area contributed by atoms with Gasteiger partial charge in [-0.15, -0.1) is 11.3 Å². The highest BCUT2D eigenvalue weighted by atomic mass is 35.5. The summed E-state index contributed by atoms with van der Waals surface area (Å²) in [6.45, 7) is 0. The van der Waals surface area contributed by atoms with Gasteiger partial charge in [0, 0.05) is 51.4 Å². The lowest BCUT2D eigenvalue weighted by Gasteiger charge is -2.34. The minimum absolute atomic E-state index is 0.0366. The van der Waals surface area contributed by atoms with Crippen LogP contribution in [0.25, 0.3) is 0 Å². The number of ketones is 1. The van der Waals surface area contributed by atoms with E-state index in [-0.39, 0.29) is 34.6 Å². The van der Waals surface area contributed by atoms with Crippen molar-refractivity contribution in [2.45, 2.75) is 31.1 Å². The number of halogens is 2. The SMILES string of the molecule is O=C1C[C@@H](c2c(F)cccc2Cl)C2=C(C[C@H](c3cccs3)CC2=O)N1. The van der Waals surface area contributed by atoms with Gasteiger partial charge in [0.05, 0.1) is 0 Å². The van der Waals surface area contributed by atoms with Crippen molar-refractivity contribution in [1.29, 1.82) is 0 Å². The van der Waals surface area contributed by atoms with Crippen molar-refractivity contribution in [2.24, 2.45) is 0 Å². The van der Waals surface area contributed by atoms with Crippen LogP contribution in [0.4, 0.5) is 4.39 Å². The Hall–Kier alpha value is -1.98. The number of thiophene rings is 1. The lowest BCUT2D eigenvalue weighted by molar-refractivity contribution is -0.122. The first-order valence-electron chi connectivity index (χ1n) is 8.08. The molecule has 1 aromatic carbocycles. The van der Waals surface area contributed by atoms with Crippen LogP contribution in [0.2, 0.25) is 5.02 Å². The van der Waals surface area contributed by atoms with Crippen molar-refractivity contribution in [1.82, 2.24) is 5.32 Å². The molecule has 0 spiro atoms. The molecule has 0 radical (unpaired) electrons. The largest absolute Gasteiger partial charge is 0.329 e. The van der Waals surface area contributed by atoms with Crippen LogP contribution in [0.1, 0.15) is 41.5 Å². The van der Waals surface area contributed by atoms with E-state index in [0.29, 0.717) is 24.1 Å². The number of rotatable bonds is 2. The number of benzene rings is 1. The molecule has 0 saturated carbocycles. The number of Topliss-reactive ketones (excluding diaryl/α,β-unsaturated/α-hetero) is 1. The van der Waals surface area contributed by atoms with Crippen molar-refractivity contribution >= 4 is 34.6 Å². The molecule has 1 N–H and O–H groups in total. The number of hydrogen-bond donors (Lipinski definition) is 1. The standard InChI is InChI=1S/C19H15ClFNO2S/c20-12-3-1-4-13(21)18(12)11-9-17(24)22-14-7-10(8-15(23)19(11)14)16-5-2-6-25-16/h1-6,10-11H,7-9H2,(H,22,24)/t10-,11-/m0/s1. The third kappa shape index (κ3) is 2.92. The molecule has 1 aromatic heterocycles. The lowest BCUT2D eigenvalue weighted by atomic mass is 9.74. The first-order valence-corrected chi connectivity index (χ1v) is 9.33. The Morgan fingerprint density at radius 3 is 2.68 bits per heavy atom. The highest BCUT2D eigenvalue weighted by molar-refractivity contribution is 7.10. The number of hydrogen-bond acceptors (Lipinski definition) is 3. The predicted molar refractivity (Wildman–Crippen MR) is 95.2 cm³/mol. The minimum atomic E-state index is -0.616. The van der Waals surface area contributed by atoms with Crippen molar-refractivity contribution in [3.05, 3.63) is 68.3 Å². The minimum Gasteiger partial charge on any atom is -0.329 e. The molecule has 128 valence electrons. The second kappa shape index (κ2) is 6.39. The van der Waals surface area contributed by atoms with Gasteiger partial charge in [-0.25, -0.2) is 4.39 Å². The molecule has 0 fully saturated rings. The zero-order valence-electron chi connectivity index (χ0n) is 13.2. The third-order valence-electron chi connectivity index (χ3n) is 4.83. The monoisotopic (exact) mass is 375 g/mol. The van der Waals surface area contributed by atoms with E-state index in [0.717, 1.165) is 4.88 Å². The Labute approximate surface area is 153 Å². The molecule has 0 unspecified atom stereocenters. The van der Waals surface area contributed by atoms with Crippen LogP contribution in [0.3, 0.4) is 0 Å². The van der Waals surface area contributed by atoms with Crippen LogP contribution < -0.4 is 5.32 Å². The lowest BCUT2D eigenvalue weighted by Crippen LogP contribution is -2.38. The van der Waals surface area contributed by atoms with E-state index in [9.17, 15) is 14.0 Å². The molecule has 0 saturated heterocycles. The molecular formula is C19H15ClFNO2S. The van der Waals surface area contributed by atoms with Crippen LogP contribution in [0.15, 0.2) is 47.0 Å². The van der Waals surface area contributed by atoms with E-state index < -0.39 is 11.7 Å². The topological polar surface area (TPSA) is 46.2 Å². The summed E-state index contributed by atoms with van der Waals surface area (Å²) in [7, 11) is 0. The van der Waals surface area contributed by atoms with Crippen molar-refractivity contribution in [3.63, 3.8) is 0 Å². The summed E-state index contributed by atoms with van der Waals surface area (Å²) in [5.41, 5.74) is 1.38. The first-order chi connectivity index (χ1) is 12.0. The molecule has 2 atom stereocenters. The number of carbonyl (C=O) groups is 2. The van der Waals surface area contributed by atoms with Gasteiger partial charge in [0.25, 0.3) is 0 Å². The number of allylic oxidation sites excluding steroid dienone is 2. The van der Waals surface area contributed by atoms with E-state index in [4.69, 9.17) is 11.6 Å². The molecule has 0 bridgehead atoms. The third-order valence-corrected chi connectivity index (χ3v) is 6.19. The van der Waals surface area contributed by atoms with E-state index in [1.165, 1.54) is 12.1 Å². The first kappa shape index (κ1) is 16.5. The van der Waals surface area contributed by atoms with Gasteiger partial charge < -0.3 is 5.32 Å². The Morgan fingerprint density at radius 2 is 1.96 bits per heavy atom. The maximum Gasteiger partial charge on any atom is 0.225 e. The Balaban J connectivity index is 1.79. The van der Waals surface area contributed by atoms with Gasteiger partial charge in [0.15, 0.2) is 5.78 Å². The highest BCUT2D eigenvalue weighted by Gasteiger charge is 2.39. The second-order valence-corrected chi connectivity index (χ2v) is 7.76. The molecule has 4 rings (SSSR count). The van der Waals surface area contributed by atoms with Gasteiger partial charge in [-0.1, -0.05) is 23.7 Å². The van der Waals surface area contributed by atoms with Crippen molar-refractivity contribution < 1.29 is 14.0 Å². The van der Waals surface area contributed by atoms with Gasteiger partial charge >= 0.3 is 0 Å². The fourth-order valence-corrected chi connectivity index (χ4v) is 4.90. The number of carbonyl (C=O) groups excluding carboxylic acids is 2. The molecule has 3 nitrogen and oxygen atoms in total. The average Bonchev–Trinajstić information content (AvgIpc) is 3.08. The maximum absolute atomic E-state index is 14.4. The normalized spacial score (nSPS) is 23.4. The van der Waals surface area contributed by atoms with Crippen molar-refractivity contribution in [2.75, 3.05) is 0 Å². The molecule has 25 heavy (non-hydrogen) atoms. The molecule has 1 aliphatic carbocycles. The van der Waals surface area contributed by atoms with E-state index >= 15 is 0 Å². The van der Waals surface area contributed by atoms with Crippen molar-refractivity contribution in [3.8, 4) is 0 Å². The van der Waals surface area contributed by atoms with Gasteiger partial charge in [-0.05, 0) is 30.0 Å². The predicted octanol–water partition coefficient (Wildman–Crippen LogP) is 4.54. The average molecular weight is 376 g/mol. The van der Waals surface area contributed by atoms with Crippen LogP contribution in [0, 0.1) is 5.82 Å². The number of amides is 1. The van der Waals surface area contributed by atoms with Crippen LogP contribution in [-0.4, -0.2) is 11.7 Å². The van der Waals surface area contributed by atoms with Gasteiger partial charge in [0.1, 0.15) is 5.82 Å². The van der Waals surface area contributed by atoms with Crippen LogP contribution in [-0.2, 0) is 9.59 Å². The quantitative estimate of drug-likeness (QED) is 0.837. The van der Waals surface area contributed by atoms with Gasteiger partial charge in [0.2, 0.25) is 5.91 Å². The summed E-state index contributed by atoms with van der Waals surface area (Å²) in [4.78, 5) is 26.2. The smallest absolute Gasteiger partial charge is 0.225 e. The number of nitrogens with one attached hydrogen (secondary N) is 1. The van der Waals surface area contributed by atoms with E-state index in [2.05, 4.69) is 5.32 Å². The fourth-order valence-electron chi connectivity index (χ4n) is 3.78. The summed E-state index contributed by atoms with van der Waals surface area (Å²) >= 11 is 7.80. The molecule has 2 aliphatic rings. The molecule has 6 heteroatoms. The molecule has 2 heterocycles. The Kier molecular flexibility index (Phi) is 4.21. The van der Waals surface area contributed by atoms with Crippen LogP contribution in [0.5, 0.6) is 0 Å². The highest BCUT2D eigenvalue weighted by Crippen LogP contribution is 2.45. The van der Waals surface area contributed by atoms with E-state index in [1.54, 1.807) is 17.4 Å². The Morgan fingerprint density at radius 1 is 1.12 bits per heavy atom. The molecular weight excluding hydrogens is 361 g/mol. The summed E-state index contributed by atoms with van der Waals surface area (Å²) in [6.07, 6.45) is 0.989. The van der Waals surface area contributed by atoms with Crippen LogP contribution >= 0.6 is 22.9 Å². The molecule has 2 aromatic rings. The zero-order chi connectivity index (χ0) is 17.6.